The second kappa shape index (κ2) is 7.19. The molecular weight excluding hydrogens is 372 g/mol. The predicted molar refractivity (Wildman–Crippen MR) is 101 cm³/mol. The number of hydrogen-bond donors (Lipinski definition) is 1. The zero-order valence-corrected chi connectivity index (χ0v) is 16.1. The second-order valence-corrected chi connectivity index (χ2v) is 7.66. The molecular formula is C18H21ClN4O4. The van der Waals surface area contributed by atoms with Gasteiger partial charge in [-0.1, -0.05) is 23.7 Å². The molecule has 1 aromatic carbocycles. The van der Waals surface area contributed by atoms with Crippen molar-refractivity contribution in [3.8, 4) is 0 Å². The molecule has 8 nitrogen and oxygen atoms in total. The Kier molecular flexibility index (Phi) is 5.10. The molecule has 9 heteroatoms. The minimum Gasteiger partial charge on any atom is -0.480 e. The molecule has 1 saturated heterocycles. The topological polar surface area (TPSA) is 95.9 Å². The Morgan fingerprint density at radius 2 is 1.81 bits per heavy atom. The van der Waals surface area contributed by atoms with Crippen LogP contribution >= 0.6 is 11.6 Å². The highest BCUT2D eigenvalue weighted by atomic mass is 35.5. The van der Waals surface area contributed by atoms with Crippen LogP contribution in [0.1, 0.15) is 20.8 Å². The van der Waals surface area contributed by atoms with Crippen molar-refractivity contribution in [2.24, 2.45) is 0 Å². The Hall–Kier alpha value is -2.61. The number of carboxylic acid groups (broad SMARTS) is 1. The minimum atomic E-state index is -1.07. The van der Waals surface area contributed by atoms with Gasteiger partial charge < -0.3 is 19.6 Å². The zero-order chi connectivity index (χ0) is 19.8. The van der Waals surface area contributed by atoms with Crippen LogP contribution in [0.5, 0.6) is 0 Å². The highest BCUT2D eigenvalue weighted by molar-refractivity contribution is 6.32. The highest BCUT2D eigenvalue weighted by Gasteiger charge is 2.37. The Balaban J connectivity index is 1.88. The number of amides is 1. The van der Waals surface area contributed by atoms with Crippen molar-refractivity contribution in [3.05, 3.63) is 29.4 Å². The maximum atomic E-state index is 12.3. The lowest BCUT2D eigenvalue weighted by atomic mass is 10.1. The fourth-order valence-electron chi connectivity index (χ4n) is 2.89. The fraction of sp³-hybridized carbons (Fsp3) is 0.444. The van der Waals surface area contributed by atoms with Gasteiger partial charge in [0, 0.05) is 13.1 Å². The first-order chi connectivity index (χ1) is 12.7. The number of rotatable bonds is 2. The van der Waals surface area contributed by atoms with Gasteiger partial charge in [0.15, 0.2) is 11.0 Å². The molecule has 2 aromatic rings. The van der Waals surface area contributed by atoms with E-state index < -0.39 is 23.7 Å². The molecule has 27 heavy (non-hydrogen) atoms. The number of piperazine rings is 1. The predicted octanol–water partition coefficient (Wildman–Crippen LogP) is 2.79. The summed E-state index contributed by atoms with van der Waals surface area (Å²) in [5.41, 5.74) is 0.598. The van der Waals surface area contributed by atoms with Crippen LogP contribution in [0.3, 0.4) is 0 Å². The number of ether oxygens (including phenoxy) is 1. The van der Waals surface area contributed by atoms with Crippen LogP contribution in [0.4, 0.5) is 10.6 Å². The van der Waals surface area contributed by atoms with E-state index in [1.54, 1.807) is 37.8 Å². The summed E-state index contributed by atoms with van der Waals surface area (Å²) in [5, 5.41) is 9.82. The van der Waals surface area contributed by atoms with Crippen LogP contribution in [0, 0.1) is 0 Å². The zero-order valence-electron chi connectivity index (χ0n) is 15.3. The molecule has 0 aliphatic carbocycles. The quantitative estimate of drug-likeness (QED) is 0.839. The van der Waals surface area contributed by atoms with Gasteiger partial charge in [-0.15, -0.1) is 0 Å². The molecule has 0 saturated carbocycles. The highest BCUT2D eigenvalue weighted by Crippen LogP contribution is 2.28. The molecule has 0 unspecified atom stereocenters. The molecule has 1 N–H and O–H groups in total. The van der Waals surface area contributed by atoms with Gasteiger partial charge in [0.25, 0.3) is 0 Å². The van der Waals surface area contributed by atoms with Crippen molar-refractivity contribution < 1.29 is 19.4 Å². The Morgan fingerprint density at radius 1 is 1.19 bits per heavy atom. The third-order valence-electron chi connectivity index (χ3n) is 4.10. The van der Waals surface area contributed by atoms with Crippen LogP contribution in [-0.4, -0.2) is 63.3 Å². The number of carbonyl (C=O) groups excluding carboxylic acids is 1. The first-order valence-electron chi connectivity index (χ1n) is 8.55. The van der Waals surface area contributed by atoms with E-state index in [2.05, 4.69) is 9.97 Å². The van der Waals surface area contributed by atoms with Gasteiger partial charge in [0.05, 0.1) is 17.6 Å². The number of aromatic nitrogens is 2. The van der Waals surface area contributed by atoms with Gasteiger partial charge in [-0.3, -0.25) is 0 Å². The number of fused-ring (bicyclic) bond motifs is 1. The van der Waals surface area contributed by atoms with E-state index in [1.807, 2.05) is 12.1 Å². The summed E-state index contributed by atoms with van der Waals surface area (Å²) in [6.07, 6.45) is -0.538. The number of aliphatic carboxylic acids is 1. The number of carboxylic acids is 1. The van der Waals surface area contributed by atoms with Crippen LogP contribution in [0.2, 0.25) is 5.15 Å². The number of halogens is 1. The molecule has 144 valence electrons. The fourth-order valence-corrected chi connectivity index (χ4v) is 3.13. The van der Waals surface area contributed by atoms with Gasteiger partial charge in [0.2, 0.25) is 0 Å². The standard InChI is InChI=1S/C18H21ClN4O4/c1-18(2,3)27-17(26)22-8-9-23(13(10-22)16(24)25)15-14(19)20-11-6-4-5-7-12(11)21-15/h4-7,13H,8-10H2,1-3H3,(H,24,25)/t13-/m1/s1. The molecule has 1 fully saturated rings. The summed E-state index contributed by atoms with van der Waals surface area (Å²) in [4.78, 5) is 35.9. The number of carbonyl (C=O) groups is 2. The molecule has 1 aliphatic heterocycles. The third kappa shape index (κ3) is 4.21. The van der Waals surface area contributed by atoms with E-state index in [4.69, 9.17) is 16.3 Å². The van der Waals surface area contributed by atoms with Gasteiger partial charge in [0.1, 0.15) is 11.6 Å². The third-order valence-corrected chi connectivity index (χ3v) is 4.35. The van der Waals surface area contributed by atoms with Gasteiger partial charge in [-0.25, -0.2) is 19.6 Å². The van der Waals surface area contributed by atoms with E-state index in [-0.39, 0.29) is 18.2 Å². The van der Waals surface area contributed by atoms with Crippen LogP contribution < -0.4 is 4.90 Å². The molecule has 3 rings (SSSR count). The Morgan fingerprint density at radius 3 is 2.41 bits per heavy atom. The van der Waals surface area contributed by atoms with Crippen molar-refractivity contribution in [2.45, 2.75) is 32.4 Å². The summed E-state index contributed by atoms with van der Waals surface area (Å²) < 4.78 is 5.35. The summed E-state index contributed by atoms with van der Waals surface area (Å²) in [5.74, 6) is -0.777. The van der Waals surface area contributed by atoms with Crippen LogP contribution in [0.25, 0.3) is 11.0 Å². The number of nitrogens with zero attached hydrogens (tertiary/aromatic N) is 4. The molecule has 0 bridgehead atoms. The van der Waals surface area contributed by atoms with Gasteiger partial charge in [-0.2, -0.15) is 0 Å². The molecule has 1 amide bonds. The second-order valence-electron chi connectivity index (χ2n) is 7.30. The minimum absolute atomic E-state index is 0.0327. The Bertz CT molecular complexity index is 883. The smallest absolute Gasteiger partial charge is 0.410 e. The van der Waals surface area contributed by atoms with E-state index in [0.717, 1.165) is 0 Å². The maximum Gasteiger partial charge on any atom is 0.410 e. The van der Waals surface area contributed by atoms with Crippen molar-refractivity contribution >= 4 is 40.5 Å². The van der Waals surface area contributed by atoms with Crippen molar-refractivity contribution in [3.63, 3.8) is 0 Å². The van der Waals surface area contributed by atoms with E-state index in [1.165, 1.54) is 4.90 Å². The summed E-state index contributed by atoms with van der Waals surface area (Å²) in [7, 11) is 0. The average Bonchev–Trinajstić information content (AvgIpc) is 2.59. The number of anilines is 1. The Labute approximate surface area is 161 Å². The number of hydrogen-bond acceptors (Lipinski definition) is 6. The van der Waals surface area contributed by atoms with E-state index >= 15 is 0 Å². The van der Waals surface area contributed by atoms with Crippen LogP contribution in [-0.2, 0) is 9.53 Å². The number of benzene rings is 1. The van der Waals surface area contributed by atoms with Crippen LogP contribution in [0.15, 0.2) is 24.3 Å². The van der Waals surface area contributed by atoms with Crippen molar-refractivity contribution in [1.29, 1.82) is 0 Å². The molecule has 0 spiro atoms. The maximum absolute atomic E-state index is 12.3. The normalized spacial score (nSPS) is 17.9. The molecule has 0 radical (unpaired) electrons. The van der Waals surface area contributed by atoms with Gasteiger partial charge >= 0.3 is 12.1 Å². The average molecular weight is 393 g/mol. The summed E-state index contributed by atoms with van der Waals surface area (Å²) in [6.45, 7) is 5.81. The van der Waals surface area contributed by atoms with E-state index in [9.17, 15) is 14.7 Å². The summed E-state index contributed by atoms with van der Waals surface area (Å²) in [6, 6.07) is 6.22. The van der Waals surface area contributed by atoms with Crippen molar-refractivity contribution in [2.75, 3.05) is 24.5 Å². The first-order valence-corrected chi connectivity index (χ1v) is 8.93. The lowest BCUT2D eigenvalue weighted by molar-refractivity contribution is -0.139. The molecule has 1 atom stereocenters. The molecule has 2 heterocycles. The monoisotopic (exact) mass is 392 g/mol. The lowest BCUT2D eigenvalue weighted by Gasteiger charge is -2.40. The number of para-hydroxylation sites is 2. The first kappa shape index (κ1) is 19.2. The van der Waals surface area contributed by atoms with Gasteiger partial charge in [-0.05, 0) is 32.9 Å². The lowest BCUT2D eigenvalue weighted by Crippen LogP contribution is -2.58. The van der Waals surface area contributed by atoms with E-state index in [0.29, 0.717) is 23.4 Å². The van der Waals surface area contributed by atoms with Crippen molar-refractivity contribution in [1.82, 2.24) is 14.9 Å². The largest absolute Gasteiger partial charge is 0.480 e. The summed E-state index contributed by atoms with van der Waals surface area (Å²) >= 11 is 6.28. The SMILES string of the molecule is CC(C)(C)OC(=O)N1CCN(c2nc3ccccc3nc2Cl)[C@@H](C(=O)O)C1. The molecule has 1 aliphatic rings. The molecule has 1 aromatic heterocycles.